The monoisotopic (exact) mass is 363 g/mol. The highest BCUT2D eigenvalue weighted by Crippen LogP contribution is 2.20. The van der Waals surface area contributed by atoms with Gasteiger partial charge in [-0.05, 0) is 44.7 Å². The van der Waals surface area contributed by atoms with Gasteiger partial charge in [-0.3, -0.25) is 19.5 Å². The van der Waals surface area contributed by atoms with Crippen molar-refractivity contribution >= 4 is 17.8 Å². The zero-order chi connectivity index (χ0) is 18.4. The average molecular weight is 364 g/mol. The maximum atomic E-state index is 11.9. The van der Waals surface area contributed by atoms with Crippen LogP contribution in [0.1, 0.15) is 44.9 Å². The van der Waals surface area contributed by atoms with Crippen molar-refractivity contribution in [2.45, 2.75) is 44.9 Å². The molecule has 0 bridgehead atoms. The topological polar surface area (TPSA) is 68.2 Å². The second-order valence-corrected chi connectivity index (χ2v) is 7.73. The second kappa shape index (κ2) is 9.35. The summed E-state index contributed by atoms with van der Waals surface area (Å²) in [5, 5.41) is 3.34. The molecule has 0 saturated carbocycles. The van der Waals surface area contributed by atoms with E-state index in [0.29, 0.717) is 38.3 Å². The van der Waals surface area contributed by atoms with Crippen LogP contribution in [0.4, 0.5) is 0 Å². The molecule has 3 heterocycles. The minimum absolute atomic E-state index is 0.0409. The van der Waals surface area contributed by atoms with E-state index < -0.39 is 0 Å². The van der Waals surface area contributed by atoms with Crippen molar-refractivity contribution in [3.63, 3.8) is 0 Å². The van der Waals surface area contributed by atoms with Crippen molar-refractivity contribution in [2.24, 2.45) is 10.9 Å². The van der Waals surface area contributed by atoms with Crippen molar-refractivity contribution in [1.29, 1.82) is 0 Å². The number of hydrogen-bond donors (Lipinski definition) is 1. The number of carbonyl (C=O) groups excluding carboxylic acids is 2. The molecule has 0 spiro atoms. The summed E-state index contributed by atoms with van der Waals surface area (Å²) in [5.74, 6) is 1.52. The molecule has 7 heteroatoms. The summed E-state index contributed by atoms with van der Waals surface area (Å²) in [6, 6.07) is 0. The lowest BCUT2D eigenvalue weighted by molar-refractivity contribution is -0.147. The van der Waals surface area contributed by atoms with Gasteiger partial charge in [0.15, 0.2) is 5.96 Å². The fraction of sp³-hybridized carbons (Fsp3) is 0.842. The normalized spacial score (nSPS) is 25.9. The molecule has 0 aromatic carbocycles. The lowest BCUT2D eigenvalue weighted by Gasteiger charge is -2.29. The molecule has 3 aliphatic rings. The first-order valence-corrected chi connectivity index (χ1v) is 10.2. The Hall–Kier alpha value is -1.63. The number of piperidine rings is 2. The van der Waals surface area contributed by atoms with E-state index in [1.807, 2.05) is 0 Å². The molecule has 3 aliphatic heterocycles. The number of likely N-dealkylation sites (tertiary alicyclic amines) is 3. The summed E-state index contributed by atoms with van der Waals surface area (Å²) in [5.41, 5.74) is 0. The van der Waals surface area contributed by atoms with Crippen LogP contribution in [0.5, 0.6) is 0 Å². The molecule has 0 aliphatic carbocycles. The number of imide groups is 1. The fourth-order valence-corrected chi connectivity index (χ4v) is 4.34. The molecule has 3 rings (SSSR count). The molecule has 26 heavy (non-hydrogen) atoms. The SMILES string of the molecule is CN=C(NCCN1C(=O)CCCC1=O)N1CCC(CN2CCCCC2)C1. The lowest BCUT2D eigenvalue weighted by Crippen LogP contribution is -2.47. The Morgan fingerprint density at radius 1 is 1.08 bits per heavy atom. The van der Waals surface area contributed by atoms with Gasteiger partial charge in [-0.15, -0.1) is 0 Å². The van der Waals surface area contributed by atoms with Crippen molar-refractivity contribution in [3.05, 3.63) is 0 Å². The maximum Gasteiger partial charge on any atom is 0.229 e. The standard InChI is InChI=1S/C19H33N5O2/c1-20-19(21-9-13-24-17(25)6-5-7-18(24)26)23-12-8-16(15-23)14-22-10-3-2-4-11-22/h16H,2-15H2,1H3,(H,20,21). The smallest absolute Gasteiger partial charge is 0.229 e. The minimum atomic E-state index is -0.0409. The first-order chi connectivity index (χ1) is 12.7. The molecule has 3 fully saturated rings. The molecule has 0 radical (unpaired) electrons. The number of guanidine groups is 1. The van der Waals surface area contributed by atoms with Gasteiger partial charge in [0.1, 0.15) is 0 Å². The number of hydrogen-bond acceptors (Lipinski definition) is 4. The summed E-state index contributed by atoms with van der Waals surface area (Å²) in [4.78, 5) is 34.5. The highest BCUT2D eigenvalue weighted by molar-refractivity contribution is 5.97. The second-order valence-electron chi connectivity index (χ2n) is 7.73. The van der Waals surface area contributed by atoms with E-state index >= 15 is 0 Å². The van der Waals surface area contributed by atoms with Gasteiger partial charge in [0.05, 0.1) is 0 Å². The molecule has 146 valence electrons. The van der Waals surface area contributed by atoms with Gasteiger partial charge in [0.2, 0.25) is 11.8 Å². The minimum Gasteiger partial charge on any atom is -0.354 e. The van der Waals surface area contributed by atoms with Crippen molar-refractivity contribution < 1.29 is 9.59 Å². The molecule has 3 saturated heterocycles. The van der Waals surface area contributed by atoms with Gasteiger partial charge in [-0.2, -0.15) is 0 Å². The van der Waals surface area contributed by atoms with Gasteiger partial charge in [-0.25, -0.2) is 0 Å². The maximum absolute atomic E-state index is 11.9. The van der Waals surface area contributed by atoms with E-state index in [2.05, 4.69) is 20.1 Å². The molecular weight excluding hydrogens is 330 g/mol. The van der Waals surface area contributed by atoms with Crippen molar-refractivity contribution in [2.75, 3.05) is 52.9 Å². The molecule has 1 unspecified atom stereocenters. The Bertz CT molecular complexity index is 514. The zero-order valence-electron chi connectivity index (χ0n) is 16.1. The van der Waals surface area contributed by atoms with Gasteiger partial charge in [0, 0.05) is 52.6 Å². The largest absolute Gasteiger partial charge is 0.354 e. The van der Waals surface area contributed by atoms with Gasteiger partial charge < -0.3 is 15.1 Å². The van der Waals surface area contributed by atoms with Gasteiger partial charge in [-0.1, -0.05) is 6.42 Å². The predicted molar refractivity (Wildman–Crippen MR) is 102 cm³/mol. The number of aliphatic imine (C=N–C) groups is 1. The third-order valence-corrected chi connectivity index (χ3v) is 5.76. The van der Waals surface area contributed by atoms with E-state index in [4.69, 9.17) is 0 Å². The molecule has 1 N–H and O–H groups in total. The van der Waals surface area contributed by atoms with Crippen LogP contribution in [0, 0.1) is 5.92 Å². The van der Waals surface area contributed by atoms with Crippen LogP contribution in [0.15, 0.2) is 4.99 Å². The van der Waals surface area contributed by atoms with Crippen LogP contribution in [-0.4, -0.2) is 85.3 Å². The lowest BCUT2D eigenvalue weighted by atomic mass is 10.1. The molecule has 0 aromatic heterocycles. The Labute approximate surface area is 156 Å². The first-order valence-electron chi connectivity index (χ1n) is 10.2. The number of nitrogens with one attached hydrogen (secondary N) is 1. The Morgan fingerprint density at radius 2 is 1.81 bits per heavy atom. The van der Waals surface area contributed by atoms with E-state index in [1.165, 1.54) is 50.2 Å². The third-order valence-electron chi connectivity index (χ3n) is 5.76. The quantitative estimate of drug-likeness (QED) is 0.447. The van der Waals surface area contributed by atoms with E-state index in [-0.39, 0.29) is 11.8 Å². The predicted octanol–water partition coefficient (Wildman–Crippen LogP) is 0.909. The van der Waals surface area contributed by atoms with Crippen molar-refractivity contribution in [3.8, 4) is 0 Å². The number of carbonyl (C=O) groups is 2. The molecule has 7 nitrogen and oxygen atoms in total. The summed E-state index contributed by atoms with van der Waals surface area (Å²) < 4.78 is 0. The molecule has 0 aromatic rings. The third kappa shape index (κ3) is 4.96. The van der Waals surface area contributed by atoms with Crippen LogP contribution >= 0.6 is 0 Å². The van der Waals surface area contributed by atoms with E-state index in [9.17, 15) is 9.59 Å². The highest BCUT2D eigenvalue weighted by Gasteiger charge is 2.28. The van der Waals surface area contributed by atoms with Crippen LogP contribution < -0.4 is 5.32 Å². The van der Waals surface area contributed by atoms with E-state index in [0.717, 1.165) is 19.0 Å². The van der Waals surface area contributed by atoms with Crippen LogP contribution in [0.25, 0.3) is 0 Å². The van der Waals surface area contributed by atoms with Gasteiger partial charge >= 0.3 is 0 Å². The van der Waals surface area contributed by atoms with E-state index in [1.54, 1.807) is 7.05 Å². The summed E-state index contributed by atoms with van der Waals surface area (Å²) in [7, 11) is 1.80. The first kappa shape index (κ1) is 19.1. The highest BCUT2D eigenvalue weighted by atomic mass is 16.2. The van der Waals surface area contributed by atoms with Crippen molar-refractivity contribution in [1.82, 2.24) is 20.0 Å². The van der Waals surface area contributed by atoms with Crippen LogP contribution in [-0.2, 0) is 9.59 Å². The molecular formula is C19H33N5O2. The Kier molecular flexibility index (Phi) is 6.88. The Morgan fingerprint density at radius 3 is 2.50 bits per heavy atom. The zero-order valence-corrected chi connectivity index (χ0v) is 16.1. The summed E-state index contributed by atoms with van der Waals surface area (Å²) >= 11 is 0. The summed E-state index contributed by atoms with van der Waals surface area (Å²) in [6.07, 6.45) is 6.94. The van der Waals surface area contributed by atoms with Crippen LogP contribution in [0.3, 0.4) is 0 Å². The molecule has 2 amide bonds. The average Bonchev–Trinajstić information content (AvgIpc) is 3.10. The van der Waals surface area contributed by atoms with Crippen LogP contribution in [0.2, 0.25) is 0 Å². The number of nitrogens with zero attached hydrogens (tertiary/aromatic N) is 4. The number of rotatable bonds is 5. The summed E-state index contributed by atoms with van der Waals surface area (Å²) in [6.45, 7) is 6.77. The number of amides is 2. The molecule has 1 atom stereocenters. The fourth-order valence-electron chi connectivity index (χ4n) is 4.34. The van der Waals surface area contributed by atoms with Gasteiger partial charge in [0.25, 0.3) is 0 Å². The Balaban J connectivity index is 1.41.